The van der Waals surface area contributed by atoms with E-state index in [1.807, 2.05) is 49.3 Å². The number of anilines is 2. The van der Waals surface area contributed by atoms with Crippen molar-refractivity contribution in [2.75, 3.05) is 50.5 Å². The SMILES string of the molecule is CN(C)c1cc(NCCN2CCCC2)c2c3c(onc13)-c1ccccc1C2=O. The van der Waals surface area contributed by atoms with Gasteiger partial charge in [0.05, 0.1) is 16.6 Å². The van der Waals surface area contributed by atoms with Gasteiger partial charge in [0.2, 0.25) is 0 Å². The van der Waals surface area contributed by atoms with Crippen LogP contribution in [-0.4, -0.2) is 56.1 Å². The van der Waals surface area contributed by atoms with E-state index < -0.39 is 0 Å². The van der Waals surface area contributed by atoms with Crippen molar-refractivity contribution in [3.8, 4) is 11.3 Å². The Morgan fingerprint density at radius 2 is 1.93 bits per heavy atom. The highest BCUT2D eigenvalue weighted by Gasteiger charge is 2.32. The topological polar surface area (TPSA) is 61.6 Å². The van der Waals surface area contributed by atoms with Crippen LogP contribution in [0.15, 0.2) is 34.9 Å². The van der Waals surface area contributed by atoms with Crippen LogP contribution in [0.3, 0.4) is 0 Å². The van der Waals surface area contributed by atoms with Crippen LogP contribution in [0.5, 0.6) is 0 Å². The summed E-state index contributed by atoms with van der Waals surface area (Å²) in [7, 11) is 3.97. The van der Waals surface area contributed by atoms with Gasteiger partial charge in [0.15, 0.2) is 11.5 Å². The van der Waals surface area contributed by atoms with Crippen molar-refractivity contribution in [3.05, 3.63) is 41.5 Å². The first-order chi connectivity index (χ1) is 13.6. The van der Waals surface area contributed by atoms with Crippen LogP contribution in [0, 0.1) is 0 Å². The molecule has 1 N–H and O–H groups in total. The molecule has 0 unspecified atom stereocenters. The van der Waals surface area contributed by atoms with Gasteiger partial charge in [-0.3, -0.25) is 4.79 Å². The fraction of sp³-hybridized carbons (Fsp3) is 0.364. The molecule has 0 atom stereocenters. The molecule has 0 amide bonds. The quantitative estimate of drug-likeness (QED) is 0.574. The van der Waals surface area contributed by atoms with Crippen LogP contribution in [0.1, 0.15) is 28.8 Å². The Hall–Kier alpha value is -2.86. The maximum absolute atomic E-state index is 13.4. The number of hydrogen-bond donors (Lipinski definition) is 1. The van der Waals surface area contributed by atoms with Gasteiger partial charge in [-0.2, -0.15) is 0 Å². The monoisotopic (exact) mass is 376 g/mol. The summed E-state index contributed by atoms with van der Waals surface area (Å²) in [5.74, 6) is 0.719. The summed E-state index contributed by atoms with van der Waals surface area (Å²) in [6, 6.07) is 9.64. The van der Waals surface area contributed by atoms with Crippen molar-refractivity contribution >= 4 is 28.1 Å². The highest BCUT2D eigenvalue weighted by molar-refractivity contribution is 6.28. The number of fused-ring (bicyclic) bond motifs is 2. The lowest BCUT2D eigenvalue weighted by Crippen LogP contribution is -2.26. The van der Waals surface area contributed by atoms with E-state index in [1.54, 1.807) is 0 Å². The van der Waals surface area contributed by atoms with E-state index in [0.717, 1.165) is 40.9 Å². The van der Waals surface area contributed by atoms with Crippen molar-refractivity contribution < 1.29 is 9.32 Å². The second-order valence-electron chi connectivity index (χ2n) is 7.80. The number of nitrogens with zero attached hydrogens (tertiary/aromatic N) is 3. The largest absolute Gasteiger partial charge is 0.383 e. The molecule has 0 radical (unpaired) electrons. The van der Waals surface area contributed by atoms with E-state index in [0.29, 0.717) is 16.9 Å². The smallest absolute Gasteiger partial charge is 0.196 e. The van der Waals surface area contributed by atoms with Crippen molar-refractivity contribution in [2.24, 2.45) is 0 Å². The van der Waals surface area contributed by atoms with Crippen LogP contribution in [0.4, 0.5) is 11.4 Å². The van der Waals surface area contributed by atoms with Crippen molar-refractivity contribution in [2.45, 2.75) is 12.8 Å². The number of benzene rings is 2. The van der Waals surface area contributed by atoms with E-state index in [-0.39, 0.29) is 5.78 Å². The van der Waals surface area contributed by atoms with Gasteiger partial charge in [-0.15, -0.1) is 0 Å². The maximum Gasteiger partial charge on any atom is 0.196 e. The Balaban J connectivity index is 1.62. The Kier molecular flexibility index (Phi) is 4.09. The summed E-state index contributed by atoms with van der Waals surface area (Å²) < 4.78 is 5.74. The lowest BCUT2D eigenvalue weighted by molar-refractivity contribution is 0.104. The lowest BCUT2D eigenvalue weighted by atomic mass is 9.86. The van der Waals surface area contributed by atoms with Crippen LogP contribution in [-0.2, 0) is 0 Å². The van der Waals surface area contributed by atoms with E-state index in [9.17, 15) is 4.79 Å². The van der Waals surface area contributed by atoms with Crippen molar-refractivity contribution in [1.29, 1.82) is 0 Å². The Bertz CT molecular complexity index is 1060. The second kappa shape index (κ2) is 6.63. The van der Waals surface area contributed by atoms with E-state index >= 15 is 0 Å². The zero-order valence-electron chi connectivity index (χ0n) is 16.3. The molecule has 1 aliphatic heterocycles. The van der Waals surface area contributed by atoms with Crippen molar-refractivity contribution in [1.82, 2.24) is 10.1 Å². The highest BCUT2D eigenvalue weighted by Crippen LogP contribution is 2.45. The standard InChI is InChI=1S/C22H24N4O2/c1-25(2)17-13-16(23-9-12-26-10-5-6-11-26)18-19-20(17)24-28-22(19)15-8-4-3-7-14(15)21(18)27/h3-4,7-8,13,23H,5-6,9-12H2,1-2H3. The number of nitrogens with one attached hydrogen (secondary N) is 1. The molecule has 2 aromatic carbocycles. The number of hydrogen-bond acceptors (Lipinski definition) is 6. The fourth-order valence-electron chi connectivity index (χ4n) is 4.38. The van der Waals surface area contributed by atoms with Crippen LogP contribution < -0.4 is 10.2 Å². The summed E-state index contributed by atoms with van der Waals surface area (Å²) in [6.45, 7) is 4.12. The second-order valence-corrected chi connectivity index (χ2v) is 7.80. The molecule has 1 saturated heterocycles. The van der Waals surface area contributed by atoms with Crippen LogP contribution in [0.2, 0.25) is 0 Å². The zero-order chi connectivity index (χ0) is 19.3. The molecular weight excluding hydrogens is 352 g/mol. The minimum Gasteiger partial charge on any atom is -0.383 e. The molecule has 5 rings (SSSR count). The number of likely N-dealkylation sites (tertiary alicyclic amines) is 1. The molecule has 3 aromatic rings. The van der Waals surface area contributed by atoms with Crippen molar-refractivity contribution in [3.63, 3.8) is 0 Å². The molecule has 0 spiro atoms. The third-order valence-electron chi connectivity index (χ3n) is 5.80. The third-order valence-corrected chi connectivity index (χ3v) is 5.80. The van der Waals surface area contributed by atoms with Gasteiger partial charge in [0, 0.05) is 44.0 Å². The van der Waals surface area contributed by atoms with Crippen LogP contribution >= 0.6 is 0 Å². The molecule has 0 bridgehead atoms. The van der Waals surface area contributed by atoms with Gasteiger partial charge in [-0.1, -0.05) is 29.4 Å². The number of carbonyl (C=O) groups is 1. The summed E-state index contributed by atoms with van der Waals surface area (Å²) in [5, 5.41) is 8.67. The molecule has 0 saturated carbocycles. The van der Waals surface area contributed by atoms with Gasteiger partial charge >= 0.3 is 0 Å². The summed E-state index contributed by atoms with van der Waals surface area (Å²) >= 11 is 0. The maximum atomic E-state index is 13.4. The molecule has 1 aliphatic carbocycles. The molecule has 2 aliphatic rings. The predicted molar refractivity (Wildman–Crippen MR) is 111 cm³/mol. The van der Waals surface area contributed by atoms with Gasteiger partial charge in [0.1, 0.15) is 5.52 Å². The Morgan fingerprint density at radius 3 is 2.68 bits per heavy atom. The molecule has 28 heavy (non-hydrogen) atoms. The first-order valence-corrected chi connectivity index (χ1v) is 9.89. The highest BCUT2D eigenvalue weighted by atomic mass is 16.5. The van der Waals surface area contributed by atoms with E-state index in [2.05, 4.69) is 15.4 Å². The molecular formula is C22H24N4O2. The van der Waals surface area contributed by atoms with Gasteiger partial charge in [0.25, 0.3) is 0 Å². The summed E-state index contributed by atoms with van der Waals surface area (Å²) in [4.78, 5) is 17.9. The Morgan fingerprint density at radius 1 is 1.18 bits per heavy atom. The van der Waals surface area contributed by atoms with Gasteiger partial charge < -0.3 is 19.6 Å². The van der Waals surface area contributed by atoms with Crippen LogP contribution in [0.25, 0.3) is 22.2 Å². The molecule has 6 nitrogen and oxygen atoms in total. The Labute approximate surface area is 164 Å². The normalized spacial score (nSPS) is 15.9. The number of aromatic nitrogens is 1. The lowest BCUT2D eigenvalue weighted by Gasteiger charge is -2.22. The third kappa shape index (κ3) is 2.59. The predicted octanol–water partition coefficient (Wildman–Crippen LogP) is 3.61. The first kappa shape index (κ1) is 17.3. The molecule has 1 fully saturated rings. The van der Waals surface area contributed by atoms with Gasteiger partial charge in [-0.25, -0.2) is 0 Å². The van der Waals surface area contributed by atoms with Gasteiger partial charge in [-0.05, 0) is 32.0 Å². The minimum absolute atomic E-state index is 0.0327. The molecule has 6 heteroatoms. The minimum atomic E-state index is 0.0327. The summed E-state index contributed by atoms with van der Waals surface area (Å²) in [6.07, 6.45) is 2.56. The molecule has 1 aromatic heterocycles. The average Bonchev–Trinajstić information content (AvgIpc) is 3.36. The number of ketones is 1. The first-order valence-electron chi connectivity index (χ1n) is 9.89. The number of carbonyl (C=O) groups excluding carboxylic acids is 1. The fourth-order valence-corrected chi connectivity index (χ4v) is 4.38. The number of rotatable bonds is 5. The zero-order valence-corrected chi connectivity index (χ0v) is 16.3. The van der Waals surface area contributed by atoms with E-state index in [1.165, 1.54) is 25.9 Å². The molecule has 2 heterocycles. The summed E-state index contributed by atoms with van der Waals surface area (Å²) in [5.41, 5.74) is 4.72. The van der Waals surface area contributed by atoms with E-state index in [4.69, 9.17) is 4.52 Å². The molecule has 144 valence electrons. The average molecular weight is 376 g/mol.